The zero-order valence-corrected chi connectivity index (χ0v) is 10.1. The molecule has 0 atom stereocenters. The van der Waals surface area contributed by atoms with Crippen molar-refractivity contribution >= 4 is 22.9 Å². The standard InChI is InChI=1S/C10H15ClN2OS/c11-10-13-5-9(15-10)7-14-6-8-1-3-12-4-2-8/h5,8,12H,1-4,6-7H2. The highest BCUT2D eigenvalue weighted by Gasteiger charge is 2.12. The highest BCUT2D eigenvalue weighted by atomic mass is 35.5. The Morgan fingerprint density at radius 1 is 1.53 bits per heavy atom. The summed E-state index contributed by atoms with van der Waals surface area (Å²) < 4.78 is 6.25. The molecule has 84 valence electrons. The van der Waals surface area contributed by atoms with E-state index in [-0.39, 0.29) is 0 Å². The molecule has 2 heterocycles. The average molecular weight is 247 g/mol. The lowest BCUT2D eigenvalue weighted by atomic mass is 9.99. The molecule has 3 nitrogen and oxygen atoms in total. The smallest absolute Gasteiger partial charge is 0.183 e. The molecule has 1 aliphatic rings. The Balaban J connectivity index is 1.65. The monoisotopic (exact) mass is 246 g/mol. The van der Waals surface area contributed by atoms with Gasteiger partial charge in [0.25, 0.3) is 0 Å². The maximum Gasteiger partial charge on any atom is 0.183 e. The van der Waals surface area contributed by atoms with Gasteiger partial charge in [-0.2, -0.15) is 0 Å². The fourth-order valence-electron chi connectivity index (χ4n) is 1.72. The quantitative estimate of drug-likeness (QED) is 0.886. The first-order chi connectivity index (χ1) is 7.34. The number of hydrogen-bond acceptors (Lipinski definition) is 4. The lowest BCUT2D eigenvalue weighted by Crippen LogP contribution is -2.29. The average Bonchev–Trinajstić information content (AvgIpc) is 2.66. The van der Waals surface area contributed by atoms with Gasteiger partial charge in [0, 0.05) is 12.8 Å². The summed E-state index contributed by atoms with van der Waals surface area (Å²) in [5.74, 6) is 0.717. The van der Waals surface area contributed by atoms with Gasteiger partial charge in [-0.05, 0) is 31.8 Å². The molecule has 5 heteroatoms. The topological polar surface area (TPSA) is 34.1 Å². The van der Waals surface area contributed by atoms with Crippen molar-refractivity contribution in [3.8, 4) is 0 Å². The minimum absolute atomic E-state index is 0.593. The predicted molar refractivity (Wildman–Crippen MR) is 62.4 cm³/mol. The van der Waals surface area contributed by atoms with E-state index in [0.717, 1.165) is 30.5 Å². The van der Waals surface area contributed by atoms with Gasteiger partial charge in [-0.1, -0.05) is 11.6 Å². The number of nitrogens with zero attached hydrogens (tertiary/aromatic N) is 1. The van der Waals surface area contributed by atoms with E-state index >= 15 is 0 Å². The van der Waals surface area contributed by atoms with Gasteiger partial charge in [0.1, 0.15) is 0 Å². The van der Waals surface area contributed by atoms with Crippen molar-refractivity contribution in [2.45, 2.75) is 19.4 Å². The summed E-state index contributed by atoms with van der Waals surface area (Å²) in [6, 6.07) is 0. The van der Waals surface area contributed by atoms with E-state index in [2.05, 4.69) is 10.3 Å². The summed E-state index contributed by atoms with van der Waals surface area (Å²) in [5.41, 5.74) is 0. The van der Waals surface area contributed by atoms with Gasteiger partial charge >= 0.3 is 0 Å². The van der Waals surface area contributed by atoms with Crippen LogP contribution in [-0.4, -0.2) is 24.7 Å². The van der Waals surface area contributed by atoms with Crippen molar-refractivity contribution in [2.24, 2.45) is 5.92 Å². The predicted octanol–water partition coefficient (Wildman–Crippen LogP) is 2.31. The second kappa shape index (κ2) is 5.80. The summed E-state index contributed by atoms with van der Waals surface area (Å²) in [7, 11) is 0. The summed E-state index contributed by atoms with van der Waals surface area (Å²) in [6.45, 7) is 3.76. The molecular weight excluding hydrogens is 232 g/mol. The third kappa shape index (κ3) is 3.72. The van der Waals surface area contributed by atoms with Crippen LogP contribution in [0.4, 0.5) is 0 Å². The Kier molecular flexibility index (Phi) is 4.38. The van der Waals surface area contributed by atoms with Crippen LogP contribution in [0.15, 0.2) is 6.20 Å². The fourth-order valence-corrected chi connectivity index (χ4v) is 2.64. The number of ether oxygens (including phenoxy) is 1. The molecule has 0 radical (unpaired) electrons. The van der Waals surface area contributed by atoms with Gasteiger partial charge < -0.3 is 10.1 Å². The molecule has 0 amide bonds. The van der Waals surface area contributed by atoms with Crippen LogP contribution < -0.4 is 5.32 Å². The van der Waals surface area contributed by atoms with Crippen LogP contribution in [-0.2, 0) is 11.3 Å². The normalized spacial score (nSPS) is 18.2. The summed E-state index contributed by atoms with van der Waals surface area (Å²) in [6.07, 6.45) is 4.24. The molecule has 0 saturated carbocycles. The Morgan fingerprint density at radius 3 is 3.00 bits per heavy atom. The summed E-state index contributed by atoms with van der Waals surface area (Å²) in [4.78, 5) is 5.08. The van der Waals surface area contributed by atoms with Crippen LogP contribution in [0.1, 0.15) is 17.7 Å². The maximum absolute atomic E-state index is 5.73. The summed E-state index contributed by atoms with van der Waals surface area (Å²) >= 11 is 7.22. The van der Waals surface area contributed by atoms with E-state index in [0.29, 0.717) is 11.1 Å². The Labute approximate surface area is 98.8 Å². The molecule has 1 aromatic rings. The minimum atomic E-state index is 0.593. The second-order valence-corrected chi connectivity index (χ2v) is 5.49. The van der Waals surface area contributed by atoms with Crippen LogP contribution in [0, 0.1) is 5.92 Å². The van der Waals surface area contributed by atoms with Gasteiger partial charge in [-0.25, -0.2) is 4.98 Å². The SMILES string of the molecule is Clc1ncc(COCC2CCNCC2)s1. The summed E-state index contributed by atoms with van der Waals surface area (Å²) in [5, 5.41) is 3.35. The van der Waals surface area contributed by atoms with E-state index < -0.39 is 0 Å². The molecule has 2 rings (SSSR count). The molecule has 0 aliphatic carbocycles. The number of piperidine rings is 1. The van der Waals surface area contributed by atoms with Crippen molar-refractivity contribution in [1.29, 1.82) is 0 Å². The molecule has 0 spiro atoms. The molecule has 0 unspecified atom stereocenters. The van der Waals surface area contributed by atoms with Gasteiger partial charge in [0.15, 0.2) is 4.47 Å². The zero-order chi connectivity index (χ0) is 10.5. The van der Waals surface area contributed by atoms with Crippen molar-refractivity contribution in [2.75, 3.05) is 19.7 Å². The number of aromatic nitrogens is 1. The van der Waals surface area contributed by atoms with Crippen molar-refractivity contribution in [3.63, 3.8) is 0 Å². The van der Waals surface area contributed by atoms with E-state index in [1.807, 2.05) is 0 Å². The van der Waals surface area contributed by atoms with Crippen molar-refractivity contribution in [1.82, 2.24) is 10.3 Å². The van der Waals surface area contributed by atoms with Gasteiger partial charge in [-0.15, -0.1) is 11.3 Å². The van der Waals surface area contributed by atoms with Crippen molar-refractivity contribution in [3.05, 3.63) is 15.5 Å². The molecular formula is C10H15ClN2OS. The molecule has 1 fully saturated rings. The minimum Gasteiger partial charge on any atom is -0.376 e. The van der Waals surface area contributed by atoms with Crippen molar-refractivity contribution < 1.29 is 4.74 Å². The fraction of sp³-hybridized carbons (Fsp3) is 0.700. The Morgan fingerprint density at radius 2 is 2.33 bits per heavy atom. The molecule has 1 N–H and O–H groups in total. The lowest BCUT2D eigenvalue weighted by Gasteiger charge is -2.22. The number of hydrogen-bond donors (Lipinski definition) is 1. The Bertz CT molecular complexity index is 299. The highest BCUT2D eigenvalue weighted by Crippen LogP contribution is 2.19. The van der Waals surface area contributed by atoms with Crippen LogP contribution in [0.3, 0.4) is 0 Å². The largest absolute Gasteiger partial charge is 0.376 e. The van der Waals surface area contributed by atoms with E-state index in [1.165, 1.54) is 24.2 Å². The van der Waals surface area contributed by atoms with Crippen LogP contribution in [0.25, 0.3) is 0 Å². The van der Waals surface area contributed by atoms with Gasteiger partial charge in [0.05, 0.1) is 11.5 Å². The van der Waals surface area contributed by atoms with E-state index in [9.17, 15) is 0 Å². The molecule has 15 heavy (non-hydrogen) atoms. The first-order valence-electron chi connectivity index (χ1n) is 5.23. The molecule has 1 aromatic heterocycles. The van der Waals surface area contributed by atoms with Gasteiger partial charge in [0.2, 0.25) is 0 Å². The molecule has 0 bridgehead atoms. The van der Waals surface area contributed by atoms with Gasteiger partial charge in [-0.3, -0.25) is 0 Å². The number of thiazole rings is 1. The molecule has 0 aromatic carbocycles. The van der Waals surface area contributed by atoms with Crippen LogP contribution >= 0.6 is 22.9 Å². The van der Waals surface area contributed by atoms with Crippen LogP contribution in [0.5, 0.6) is 0 Å². The lowest BCUT2D eigenvalue weighted by molar-refractivity contribution is 0.0778. The first-order valence-corrected chi connectivity index (χ1v) is 6.42. The third-order valence-electron chi connectivity index (χ3n) is 2.58. The molecule has 1 aliphatic heterocycles. The Hall–Kier alpha value is -0.160. The number of rotatable bonds is 4. The second-order valence-electron chi connectivity index (χ2n) is 3.79. The third-order valence-corrected chi connectivity index (χ3v) is 3.67. The first kappa shape index (κ1) is 11.3. The maximum atomic E-state index is 5.73. The highest BCUT2D eigenvalue weighted by molar-refractivity contribution is 7.15. The number of halogens is 1. The number of nitrogens with one attached hydrogen (secondary N) is 1. The van der Waals surface area contributed by atoms with Crippen LogP contribution in [0.2, 0.25) is 4.47 Å². The van der Waals surface area contributed by atoms with E-state index in [1.54, 1.807) is 6.20 Å². The molecule has 1 saturated heterocycles. The van der Waals surface area contributed by atoms with E-state index in [4.69, 9.17) is 16.3 Å². The zero-order valence-electron chi connectivity index (χ0n) is 8.54.